The van der Waals surface area contributed by atoms with Crippen LogP contribution in [0, 0.1) is 18.3 Å². The predicted octanol–water partition coefficient (Wildman–Crippen LogP) is 2.57. The van der Waals surface area contributed by atoms with E-state index in [9.17, 15) is 0 Å². The number of piperidine rings is 1. The lowest BCUT2D eigenvalue weighted by Crippen LogP contribution is -2.39. The molecule has 0 aliphatic carbocycles. The minimum absolute atomic E-state index is 0.417. The van der Waals surface area contributed by atoms with Crippen LogP contribution in [-0.4, -0.2) is 22.9 Å². The van der Waals surface area contributed by atoms with E-state index in [1.807, 2.05) is 18.7 Å². The number of hydrogen-bond donors (Lipinski definition) is 1. The van der Waals surface area contributed by atoms with E-state index in [1.165, 1.54) is 12.8 Å². The molecule has 1 aromatic heterocycles. The maximum Gasteiger partial charge on any atom is 0.150 e. The average Bonchev–Trinajstić information content (AvgIpc) is 2.52. The van der Waals surface area contributed by atoms with Gasteiger partial charge in [0.15, 0.2) is 0 Å². The molecule has 4 heteroatoms. The van der Waals surface area contributed by atoms with Crippen LogP contribution in [0.5, 0.6) is 0 Å². The number of hydrogen-bond acceptors (Lipinski definition) is 3. The van der Waals surface area contributed by atoms with Gasteiger partial charge in [0.1, 0.15) is 5.82 Å². The molecule has 2 rings (SSSR count). The first-order valence-corrected chi connectivity index (χ1v) is 6.84. The predicted molar refractivity (Wildman–Crippen MR) is 76.7 cm³/mol. The quantitative estimate of drug-likeness (QED) is 0.833. The van der Waals surface area contributed by atoms with Crippen LogP contribution in [-0.2, 0) is 7.05 Å². The zero-order valence-electron chi connectivity index (χ0n) is 12.3. The van der Waals surface area contributed by atoms with Gasteiger partial charge >= 0.3 is 0 Å². The number of aryl methyl sites for hydroxylation is 2. The molecular weight excluding hydrogens is 224 g/mol. The third-order valence-electron chi connectivity index (χ3n) is 4.26. The van der Waals surface area contributed by atoms with E-state index in [0.717, 1.165) is 36.2 Å². The lowest BCUT2D eigenvalue weighted by atomic mass is 9.75. The molecule has 1 aliphatic rings. The minimum atomic E-state index is 0.417. The van der Waals surface area contributed by atoms with Crippen molar-refractivity contribution in [2.75, 3.05) is 23.7 Å². The highest BCUT2D eigenvalue weighted by Crippen LogP contribution is 2.36. The molecule has 0 radical (unpaired) electrons. The smallest absolute Gasteiger partial charge is 0.150 e. The summed E-state index contributed by atoms with van der Waals surface area (Å²) in [5.41, 5.74) is 8.32. The van der Waals surface area contributed by atoms with Crippen molar-refractivity contribution < 1.29 is 0 Å². The summed E-state index contributed by atoms with van der Waals surface area (Å²) in [6.07, 6.45) is 2.49. The molecule has 18 heavy (non-hydrogen) atoms. The Hall–Kier alpha value is -1.19. The highest BCUT2D eigenvalue weighted by molar-refractivity contribution is 5.66. The summed E-state index contributed by atoms with van der Waals surface area (Å²) in [6, 6.07) is 0. The molecule has 2 heterocycles. The van der Waals surface area contributed by atoms with Crippen LogP contribution in [0.15, 0.2) is 0 Å². The number of rotatable bonds is 1. The largest absolute Gasteiger partial charge is 0.394 e. The van der Waals surface area contributed by atoms with Crippen molar-refractivity contribution in [1.29, 1.82) is 0 Å². The van der Waals surface area contributed by atoms with E-state index in [4.69, 9.17) is 5.73 Å². The molecule has 4 nitrogen and oxygen atoms in total. The van der Waals surface area contributed by atoms with E-state index in [0.29, 0.717) is 5.41 Å². The Kier molecular flexibility index (Phi) is 3.30. The SMILES string of the molecule is Cc1nn(C)c(N2CCC(C(C)(C)C)CC2)c1N. The van der Waals surface area contributed by atoms with Crippen LogP contribution in [0.2, 0.25) is 0 Å². The number of nitrogen functional groups attached to an aromatic ring is 1. The maximum absolute atomic E-state index is 6.13. The molecule has 0 spiro atoms. The van der Waals surface area contributed by atoms with Crippen LogP contribution in [0.1, 0.15) is 39.3 Å². The van der Waals surface area contributed by atoms with Gasteiger partial charge in [-0.15, -0.1) is 0 Å². The Bertz CT molecular complexity index is 420. The topological polar surface area (TPSA) is 47.1 Å². The van der Waals surface area contributed by atoms with Crippen molar-refractivity contribution in [3.63, 3.8) is 0 Å². The van der Waals surface area contributed by atoms with E-state index in [-0.39, 0.29) is 0 Å². The Morgan fingerprint density at radius 2 is 1.78 bits per heavy atom. The van der Waals surface area contributed by atoms with Gasteiger partial charge in [-0.2, -0.15) is 5.10 Å². The maximum atomic E-state index is 6.13. The fourth-order valence-electron chi connectivity index (χ4n) is 2.99. The fourth-order valence-corrected chi connectivity index (χ4v) is 2.99. The molecule has 1 saturated heterocycles. The lowest BCUT2D eigenvalue weighted by Gasteiger charge is -2.39. The van der Waals surface area contributed by atoms with Crippen molar-refractivity contribution in [2.24, 2.45) is 18.4 Å². The molecule has 0 unspecified atom stereocenters. The van der Waals surface area contributed by atoms with Crippen molar-refractivity contribution >= 4 is 11.5 Å². The Morgan fingerprint density at radius 3 is 2.17 bits per heavy atom. The molecule has 102 valence electrons. The number of aromatic nitrogens is 2. The molecule has 2 N–H and O–H groups in total. The standard InChI is InChI=1S/C14H26N4/c1-10-12(15)13(17(5)16-10)18-8-6-11(7-9-18)14(2,3)4/h11H,6-9,15H2,1-5H3. The monoisotopic (exact) mass is 250 g/mol. The number of nitrogens with two attached hydrogens (primary N) is 1. The highest BCUT2D eigenvalue weighted by Gasteiger charge is 2.30. The summed E-state index contributed by atoms with van der Waals surface area (Å²) in [5, 5.41) is 4.40. The fraction of sp³-hybridized carbons (Fsp3) is 0.786. The van der Waals surface area contributed by atoms with Gasteiger partial charge < -0.3 is 10.6 Å². The van der Waals surface area contributed by atoms with Crippen molar-refractivity contribution in [3.05, 3.63) is 5.69 Å². The van der Waals surface area contributed by atoms with Crippen LogP contribution >= 0.6 is 0 Å². The average molecular weight is 250 g/mol. The van der Waals surface area contributed by atoms with Crippen LogP contribution in [0.3, 0.4) is 0 Å². The van der Waals surface area contributed by atoms with E-state index in [2.05, 4.69) is 30.8 Å². The second-order valence-electron chi connectivity index (χ2n) is 6.57. The van der Waals surface area contributed by atoms with Crippen LogP contribution < -0.4 is 10.6 Å². The zero-order chi connectivity index (χ0) is 13.5. The molecular formula is C14H26N4. The molecule has 0 saturated carbocycles. The van der Waals surface area contributed by atoms with Gasteiger partial charge in [0.05, 0.1) is 11.4 Å². The molecule has 0 amide bonds. The first kappa shape index (κ1) is 13.2. The van der Waals surface area contributed by atoms with E-state index in [1.54, 1.807) is 0 Å². The second kappa shape index (κ2) is 4.48. The zero-order valence-corrected chi connectivity index (χ0v) is 12.3. The third-order valence-corrected chi connectivity index (χ3v) is 4.26. The molecule has 1 fully saturated rings. The molecule has 0 aromatic carbocycles. The summed E-state index contributed by atoms with van der Waals surface area (Å²) in [5.74, 6) is 1.91. The Balaban J connectivity index is 2.10. The van der Waals surface area contributed by atoms with Gasteiger partial charge in [-0.05, 0) is 31.1 Å². The molecule has 0 bridgehead atoms. The lowest BCUT2D eigenvalue weighted by molar-refractivity contribution is 0.198. The summed E-state index contributed by atoms with van der Waals surface area (Å²) in [6.45, 7) is 11.2. The van der Waals surface area contributed by atoms with Gasteiger partial charge in [0.2, 0.25) is 0 Å². The van der Waals surface area contributed by atoms with E-state index < -0.39 is 0 Å². The highest BCUT2D eigenvalue weighted by atomic mass is 15.4. The second-order valence-corrected chi connectivity index (χ2v) is 6.57. The minimum Gasteiger partial charge on any atom is -0.394 e. The summed E-state index contributed by atoms with van der Waals surface area (Å²) in [7, 11) is 1.98. The first-order valence-electron chi connectivity index (χ1n) is 6.84. The number of nitrogens with zero attached hydrogens (tertiary/aromatic N) is 3. The van der Waals surface area contributed by atoms with E-state index >= 15 is 0 Å². The third kappa shape index (κ3) is 2.33. The van der Waals surface area contributed by atoms with Gasteiger partial charge in [-0.25, -0.2) is 0 Å². The van der Waals surface area contributed by atoms with Crippen molar-refractivity contribution in [1.82, 2.24) is 9.78 Å². The molecule has 1 aromatic rings. The molecule has 1 aliphatic heterocycles. The van der Waals surface area contributed by atoms with Gasteiger partial charge in [-0.3, -0.25) is 4.68 Å². The summed E-state index contributed by atoms with van der Waals surface area (Å²) < 4.78 is 1.92. The van der Waals surface area contributed by atoms with Crippen molar-refractivity contribution in [2.45, 2.75) is 40.5 Å². The molecule has 0 atom stereocenters. The summed E-state index contributed by atoms with van der Waals surface area (Å²) in [4.78, 5) is 2.39. The first-order chi connectivity index (χ1) is 8.30. The van der Waals surface area contributed by atoms with Crippen LogP contribution in [0.25, 0.3) is 0 Å². The van der Waals surface area contributed by atoms with Gasteiger partial charge in [0.25, 0.3) is 0 Å². The Labute approximate surface area is 110 Å². The number of anilines is 2. The van der Waals surface area contributed by atoms with Crippen LogP contribution in [0.4, 0.5) is 11.5 Å². The summed E-state index contributed by atoms with van der Waals surface area (Å²) >= 11 is 0. The van der Waals surface area contributed by atoms with Gasteiger partial charge in [0, 0.05) is 20.1 Å². The Morgan fingerprint density at radius 1 is 1.22 bits per heavy atom. The normalized spacial score (nSPS) is 18.4. The van der Waals surface area contributed by atoms with Gasteiger partial charge in [-0.1, -0.05) is 20.8 Å². The van der Waals surface area contributed by atoms with Crippen molar-refractivity contribution in [3.8, 4) is 0 Å².